The molecule has 0 unspecified atom stereocenters. The maximum atomic E-state index is 11.9. The van der Waals surface area contributed by atoms with Crippen LogP contribution in [0.25, 0.3) is 10.8 Å². The minimum Gasteiger partial charge on any atom is -0.484 e. The largest absolute Gasteiger partial charge is 0.484 e. The Kier molecular flexibility index (Phi) is 5.42. The maximum Gasteiger partial charge on any atom is 0.277 e. The van der Waals surface area contributed by atoms with Gasteiger partial charge in [0.1, 0.15) is 5.75 Å². The topological polar surface area (TPSA) is 50.7 Å². The molecule has 1 N–H and O–H groups in total. The first-order valence-corrected chi connectivity index (χ1v) is 8.18. The number of nitrogens with zero attached hydrogens (tertiary/aromatic N) is 1. The van der Waals surface area contributed by atoms with Gasteiger partial charge in [-0.1, -0.05) is 60.7 Å². The van der Waals surface area contributed by atoms with Crippen LogP contribution in [0.15, 0.2) is 77.9 Å². The lowest BCUT2D eigenvalue weighted by Gasteiger charge is -2.07. The highest BCUT2D eigenvalue weighted by atomic mass is 16.5. The molecule has 0 saturated carbocycles. The average Bonchev–Trinajstić information content (AvgIpc) is 2.65. The number of hydrazone groups is 1. The molecule has 3 aromatic rings. The van der Waals surface area contributed by atoms with Gasteiger partial charge >= 0.3 is 0 Å². The molecule has 0 aliphatic heterocycles. The zero-order valence-electron chi connectivity index (χ0n) is 14.1. The summed E-state index contributed by atoms with van der Waals surface area (Å²) < 4.78 is 5.55. The normalized spacial score (nSPS) is 11.3. The molecule has 0 bridgehead atoms. The average molecular weight is 332 g/mol. The summed E-state index contributed by atoms with van der Waals surface area (Å²) in [6.45, 7) is 1.82. The van der Waals surface area contributed by atoms with Crippen LogP contribution in [-0.2, 0) is 11.2 Å². The van der Waals surface area contributed by atoms with Crippen LogP contribution in [0.5, 0.6) is 5.75 Å². The Morgan fingerprint density at radius 3 is 2.48 bits per heavy atom. The summed E-state index contributed by atoms with van der Waals surface area (Å²) >= 11 is 0. The van der Waals surface area contributed by atoms with E-state index in [9.17, 15) is 4.79 Å². The Balaban J connectivity index is 1.51. The van der Waals surface area contributed by atoms with Gasteiger partial charge in [0, 0.05) is 12.1 Å². The summed E-state index contributed by atoms with van der Waals surface area (Å²) in [5.74, 6) is 0.388. The first-order valence-electron chi connectivity index (χ1n) is 8.18. The van der Waals surface area contributed by atoms with Crippen LogP contribution in [0.4, 0.5) is 0 Å². The third-order valence-corrected chi connectivity index (χ3v) is 3.77. The van der Waals surface area contributed by atoms with Crippen molar-refractivity contribution in [3.05, 3.63) is 78.4 Å². The van der Waals surface area contributed by atoms with Gasteiger partial charge in [0.05, 0.1) is 0 Å². The molecule has 0 saturated heterocycles. The van der Waals surface area contributed by atoms with E-state index in [1.807, 2.05) is 79.7 Å². The van der Waals surface area contributed by atoms with E-state index in [4.69, 9.17) is 4.74 Å². The first kappa shape index (κ1) is 16.7. The molecule has 0 fully saturated rings. The molecule has 25 heavy (non-hydrogen) atoms. The first-order chi connectivity index (χ1) is 12.2. The molecule has 1 amide bonds. The van der Waals surface area contributed by atoms with E-state index in [0.717, 1.165) is 22.0 Å². The SMILES string of the molecule is C/C(Cc1ccccc1)=N\NC(=O)COc1ccc2ccccc2c1. The van der Waals surface area contributed by atoms with Crippen molar-refractivity contribution in [1.82, 2.24) is 5.43 Å². The van der Waals surface area contributed by atoms with Gasteiger partial charge in [-0.2, -0.15) is 5.10 Å². The van der Waals surface area contributed by atoms with Crippen molar-refractivity contribution in [2.75, 3.05) is 6.61 Å². The van der Waals surface area contributed by atoms with Crippen molar-refractivity contribution >= 4 is 22.4 Å². The number of rotatable bonds is 6. The van der Waals surface area contributed by atoms with Crippen LogP contribution in [0.3, 0.4) is 0 Å². The zero-order chi connectivity index (χ0) is 17.5. The van der Waals surface area contributed by atoms with Gasteiger partial charge in [0.2, 0.25) is 0 Å². The fourth-order valence-corrected chi connectivity index (χ4v) is 2.53. The molecule has 0 atom stereocenters. The molecule has 0 radical (unpaired) electrons. The highest BCUT2D eigenvalue weighted by molar-refractivity contribution is 5.86. The summed E-state index contributed by atoms with van der Waals surface area (Å²) in [7, 11) is 0. The Morgan fingerprint density at radius 2 is 1.68 bits per heavy atom. The Labute approximate surface area is 147 Å². The zero-order valence-corrected chi connectivity index (χ0v) is 14.1. The molecule has 0 aliphatic rings. The van der Waals surface area contributed by atoms with E-state index in [2.05, 4.69) is 10.5 Å². The Morgan fingerprint density at radius 1 is 0.960 bits per heavy atom. The van der Waals surface area contributed by atoms with Crippen molar-refractivity contribution in [2.45, 2.75) is 13.3 Å². The number of nitrogens with one attached hydrogen (secondary N) is 1. The highest BCUT2D eigenvalue weighted by Crippen LogP contribution is 2.20. The lowest BCUT2D eigenvalue weighted by atomic mass is 10.1. The number of amides is 1. The minimum atomic E-state index is -0.277. The summed E-state index contributed by atoms with van der Waals surface area (Å²) in [5, 5.41) is 6.34. The van der Waals surface area contributed by atoms with Gasteiger partial charge in [-0.25, -0.2) is 5.43 Å². The highest BCUT2D eigenvalue weighted by Gasteiger charge is 2.03. The summed E-state index contributed by atoms with van der Waals surface area (Å²) in [4.78, 5) is 11.9. The molecule has 3 rings (SSSR count). The third kappa shape index (κ3) is 4.91. The Bertz CT molecular complexity index is 889. The maximum absolute atomic E-state index is 11.9. The van der Waals surface area contributed by atoms with Crippen molar-refractivity contribution in [2.24, 2.45) is 5.10 Å². The second kappa shape index (κ2) is 8.11. The molecule has 126 valence electrons. The molecule has 4 nitrogen and oxygen atoms in total. The molecule has 0 heterocycles. The fourth-order valence-electron chi connectivity index (χ4n) is 2.53. The minimum absolute atomic E-state index is 0.0690. The summed E-state index contributed by atoms with van der Waals surface area (Å²) in [6, 6.07) is 23.8. The predicted molar refractivity (Wildman–Crippen MR) is 101 cm³/mol. The van der Waals surface area contributed by atoms with Crippen molar-refractivity contribution in [3.63, 3.8) is 0 Å². The molecular weight excluding hydrogens is 312 g/mol. The van der Waals surface area contributed by atoms with E-state index in [0.29, 0.717) is 12.2 Å². The van der Waals surface area contributed by atoms with Gasteiger partial charge in [0.15, 0.2) is 6.61 Å². The number of fused-ring (bicyclic) bond motifs is 1. The van der Waals surface area contributed by atoms with Crippen molar-refractivity contribution in [3.8, 4) is 5.75 Å². The molecular formula is C21H20N2O2. The quantitative estimate of drug-likeness (QED) is 0.549. The lowest BCUT2D eigenvalue weighted by molar-refractivity contribution is -0.123. The van der Waals surface area contributed by atoms with E-state index in [1.54, 1.807) is 0 Å². The molecule has 0 aliphatic carbocycles. The van der Waals surface area contributed by atoms with Crippen LogP contribution in [0, 0.1) is 0 Å². The molecule has 0 spiro atoms. The summed E-state index contributed by atoms with van der Waals surface area (Å²) in [6.07, 6.45) is 0.701. The second-order valence-corrected chi connectivity index (χ2v) is 5.84. The van der Waals surface area contributed by atoms with E-state index >= 15 is 0 Å². The number of ether oxygens (including phenoxy) is 1. The van der Waals surface area contributed by atoms with E-state index < -0.39 is 0 Å². The smallest absolute Gasteiger partial charge is 0.277 e. The van der Waals surface area contributed by atoms with E-state index in [1.165, 1.54) is 0 Å². The van der Waals surface area contributed by atoms with Crippen LogP contribution in [-0.4, -0.2) is 18.2 Å². The summed E-state index contributed by atoms with van der Waals surface area (Å²) in [5.41, 5.74) is 4.53. The molecule has 3 aromatic carbocycles. The van der Waals surface area contributed by atoms with Crippen LogP contribution < -0.4 is 10.2 Å². The second-order valence-electron chi connectivity index (χ2n) is 5.84. The third-order valence-electron chi connectivity index (χ3n) is 3.77. The van der Waals surface area contributed by atoms with Crippen LogP contribution >= 0.6 is 0 Å². The fraction of sp³-hybridized carbons (Fsp3) is 0.143. The van der Waals surface area contributed by atoms with Crippen LogP contribution in [0.1, 0.15) is 12.5 Å². The van der Waals surface area contributed by atoms with Gasteiger partial charge in [0.25, 0.3) is 5.91 Å². The number of hydrogen-bond acceptors (Lipinski definition) is 3. The number of carbonyl (C=O) groups is 1. The monoisotopic (exact) mass is 332 g/mol. The van der Waals surface area contributed by atoms with Crippen molar-refractivity contribution in [1.29, 1.82) is 0 Å². The Hall–Kier alpha value is -3.14. The number of benzene rings is 3. The van der Waals surface area contributed by atoms with Gasteiger partial charge in [-0.05, 0) is 35.4 Å². The van der Waals surface area contributed by atoms with Gasteiger partial charge < -0.3 is 4.74 Å². The lowest BCUT2D eigenvalue weighted by Crippen LogP contribution is -2.25. The molecule has 4 heteroatoms. The molecule has 0 aromatic heterocycles. The standard InChI is InChI=1S/C21H20N2O2/c1-16(13-17-7-3-2-4-8-17)22-23-21(24)15-25-20-12-11-18-9-5-6-10-19(18)14-20/h2-12,14H,13,15H2,1H3,(H,23,24)/b22-16+. The van der Waals surface area contributed by atoms with Crippen molar-refractivity contribution < 1.29 is 9.53 Å². The van der Waals surface area contributed by atoms with Gasteiger partial charge in [-0.15, -0.1) is 0 Å². The number of carbonyl (C=O) groups excluding carboxylic acids is 1. The number of hydrogen-bond donors (Lipinski definition) is 1. The van der Waals surface area contributed by atoms with Gasteiger partial charge in [-0.3, -0.25) is 4.79 Å². The predicted octanol–water partition coefficient (Wildman–Crippen LogP) is 3.95. The van der Waals surface area contributed by atoms with Crippen LogP contribution in [0.2, 0.25) is 0 Å². The van der Waals surface area contributed by atoms with E-state index in [-0.39, 0.29) is 12.5 Å².